The van der Waals surface area contributed by atoms with Crippen LogP contribution in [-0.4, -0.2) is 4.98 Å². The van der Waals surface area contributed by atoms with E-state index in [1.807, 2.05) is 19.1 Å². The van der Waals surface area contributed by atoms with Gasteiger partial charge in [0, 0.05) is 12.7 Å². The Bertz CT molecular complexity index is 203. The molecule has 0 amide bonds. The van der Waals surface area contributed by atoms with Crippen LogP contribution in [0.25, 0.3) is 0 Å². The maximum atomic E-state index is 5.36. The molecule has 0 radical (unpaired) electrons. The lowest BCUT2D eigenvalue weighted by Gasteiger charge is -1.94. The molecule has 1 aromatic heterocycles. The highest BCUT2D eigenvalue weighted by atomic mass is 35.5. The summed E-state index contributed by atoms with van der Waals surface area (Å²) in [7, 11) is 0. The molecular weight excluding hydrogens is 183 g/mol. The van der Waals surface area contributed by atoms with Crippen molar-refractivity contribution >= 4 is 24.8 Å². The Balaban J connectivity index is 0. The van der Waals surface area contributed by atoms with Crippen LogP contribution in [0.4, 0.5) is 0 Å². The molecule has 0 aliphatic heterocycles. The molecule has 0 aliphatic rings. The topological polar surface area (TPSA) is 38.9 Å². The number of hydrogen-bond acceptors (Lipinski definition) is 2. The van der Waals surface area contributed by atoms with Gasteiger partial charge >= 0.3 is 0 Å². The molecule has 64 valence electrons. The Morgan fingerprint density at radius 2 is 2.09 bits per heavy atom. The fourth-order valence-electron chi connectivity index (χ4n) is 0.710. The van der Waals surface area contributed by atoms with Crippen LogP contribution in [0.3, 0.4) is 0 Å². The van der Waals surface area contributed by atoms with Crippen LogP contribution in [0, 0.1) is 6.92 Å². The predicted octanol–water partition coefficient (Wildman–Crippen LogP) is 1.69. The lowest BCUT2D eigenvalue weighted by Crippen LogP contribution is -1.98. The first-order valence-electron chi connectivity index (χ1n) is 2.94. The van der Waals surface area contributed by atoms with Crippen molar-refractivity contribution in [3.05, 3.63) is 29.6 Å². The van der Waals surface area contributed by atoms with Crippen LogP contribution in [0.15, 0.2) is 18.3 Å². The van der Waals surface area contributed by atoms with Crippen LogP contribution in [-0.2, 0) is 6.54 Å². The standard InChI is InChI=1S/C7H10N2.2ClH/c1-6-2-3-9-7(4-6)5-8;;/h2-4H,5,8H2,1H3;2*1H. The van der Waals surface area contributed by atoms with Crippen molar-refractivity contribution in [2.75, 3.05) is 0 Å². The third-order valence-corrected chi connectivity index (χ3v) is 1.18. The van der Waals surface area contributed by atoms with E-state index in [-0.39, 0.29) is 24.8 Å². The zero-order valence-electron chi connectivity index (χ0n) is 6.28. The van der Waals surface area contributed by atoms with Gasteiger partial charge in [0.05, 0.1) is 5.69 Å². The Kier molecular flexibility index (Phi) is 7.74. The van der Waals surface area contributed by atoms with Gasteiger partial charge in [-0.15, -0.1) is 24.8 Å². The molecule has 0 atom stereocenters. The predicted molar refractivity (Wildman–Crippen MR) is 51.4 cm³/mol. The van der Waals surface area contributed by atoms with Gasteiger partial charge in [0.2, 0.25) is 0 Å². The minimum absolute atomic E-state index is 0. The number of rotatable bonds is 1. The molecule has 1 rings (SSSR count). The van der Waals surface area contributed by atoms with Gasteiger partial charge in [0.25, 0.3) is 0 Å². The smallest absolute Gasteiger partial charge is 0.0542 e. The van der Waals surface area contributed by atoms with E-state index in [4.69, 9.17) is 5.73 Å². The highest BCUT2D eigenvalue weighted by Crippen LogP contribution is 1.97. The third-order valence-electron chi connectivity index (χ3n) is 1.18. The lowest BCUT2D eigenvalue weighted by molar-refractivity contribution is 0.984. The monoisotopic (exact) mass is 194 g/mol. The average molecular weight is 195 g/mol. The highest BCUT2D eigenvalue weighted by molar-refractivity contribution is 5.85. The van der Waals surface area contributed by atoms with E-state index in [0.29, 0.717) is 6.54 Å². The fourth-order valence-corrected chi connectivity index (χ4v) is 0.710. The van der Waals surface area contributed by atoms with E-state index in [0.717, 1.165) is 5.69 Å². The second-order valence-electron chi connectivity index (χ2n) is 2.03. The van der Waals surface area contributed by atoms with Crippen LogP contribution < -0.4 is 5.73 Å². The van der Waals surface area contributed by atoms with Gasteiger partial charge in [-0.3, -0.25) is 4.98 Å². The van der Waals surface area contributed by atoms with E-state index in [2.05, 4.69) is 4.98 Å². The molecule has 0 unspecified atom stereocenters. The summed E-state index contributed by atoms with van der Waals surface area (Å²) in [6, 6.07) is 3.94. The van der Waals surface area contributed by atoms with Crippen LogP contribution in [0.2, 0.25) is 0 Å². The summed E-state index contributed by atoms with van der Waals surface area (Å²) in [6.45, 7) is 2.56. The summed E-state index contributed by atoms with van der Waals surface area (Å²) >= 11 is 0. The van der Waals surface area contributed by atoms with Gasteiger partial charge < -0.3 is 5.73 Å². The van der Waals surface area contributed by atoms with Gasteiger partial charge in [0.15, 0.2) is 0 Å². The van der Waals surface area contributed by atoms with Crippen LogP contribution in [0.1, 0.15) is 11.3 Å². The lowest BCUT2D eigenvalue weighted by atomic mass is 10.2. The Labute approximate surface area is 79.0 Å². The molecule has 11 heavy (non-hydrogen) atoms. The minimum Gasteiger partial charge on any atom is -0.325 e. The number of aryl methyl sites for hydroxylation is 1. The Morgan fingerprint density at radius 3 is 2.45 bits per heavy atom. The van der Waals surface area contributed by atoms with Crippen molar-refractivity contribution in [3.8, 4) is 0 Å². The average Bonchev–Trinajstić information content (AvgIpc) is 1.88. The third kappa shape index (κ3) is 4.19. The first-order chi connectivity index (χ1) is 4.33. The van der Waals surface area contributed by atoms with E-state index < -0.39 is 0 Å². The maximum absolute atomic E-state index is 5.36. The molecule has 0 saturated heterocycles. The number of nitrogens with zero attached hydrogens (tertiary/aromatic N) is 1. The summed E-state index contributed by atoms with van der Waals surface area (Å²) in [4.78, 5) is 4.03. The van der Waals surface area contributed by atoms with E-state index in [9.17, 15) is 0 Å². The molecule has 0 saturated carbocycles. The fraction of sp³-hybridized carbons (Fsp3) is 0.286. The van der Waals surface area contributed by atoms with E-state index in [1.54, 1.807) is 6.20 Å². The van der Waals surface area contributed by atoms with Crippen molar-refractivity contribution in [2.24, 2.45) is 5.73 Å². The quantitative estimate of drug-likeness (QED) is 0.740. The molecule has 1 aromatic rings. The summed E-state index contributed by atoms with van der Waals surface area (Å²) in [5.41, 5.74) is 7.52. The van der Waals surface area contributed by atoms with Crippen molar-refractivity contribution in [1.82, 2.24) is 4.98 Å². The molecular formula is C7H12Cl2N2. The summed E-state index contributed by atoms with van der Waals surface area (Å²) in [5.74, 6) is 0. The molecule has 4 heteroatoms. The number of halogens is 2. The molecule has 0 aromatic carbocycles. The SMILES string of the molecule is Cc1ccnc(CN)c1.Cl.Cl. The highest BCUT2D eigenvalue weighted by Gasteiger charge is 1.87. The summed E-state index contributed by atoms with van der Waals surface area (Å²) in [5, 5.41) is 0. The normalized spacial score (nSPS) is 7.82. The summed E-state index contributed by atoms with van der Waals surface area (Å²) < 4.78 is 0. The van der Waals surface area contributed by atoms with Gasteiger partial charge in [-0.25, -0.2) is 0 Å². The Hall–Kier alpha value is -0.310. The van der Waals surface area contributed by atoms with Gasteiger partial charge in [-0.05, 0) is 24.6 Å². The maximum Gasteiger partial charge on any atom is 0.0542 e. The minimum atomic E-state index is 0. The largest absolute Gasteiger partial charge is 0.325 e. The van der Waals surface area contributed by atoms with Gasteiger partial charge in [0.1, 0.15) is 0 Å². The molecule has 0 aliphatic carbocycles. The van der Waals surface area contributed by atoms with E-state index >= 15 is 0 Å². The number of nitrogens with two attached hydrogens (primary N) is 1. The molecule has 0 fully saturated rings. The first-order valence-corrected chi connectivity index (χ1v) is 2.94. The molecule has 2 N–H and O–H groups in total. The second kappa shape index (κ2) is 6.40. The zero-order valence-corrected chi connectivity index (χ0v) is 7.91. The van der Waals surface area contributed by atoms with Gasteiger partial charge in [-0.2, -0.15) is 0 Å². The molecule has 0 spiro atoms. The summed E-state index contributed by atoms with van der Waals surface area (Å²) in [6.07, 6.45) is 1.78. The first kappa shape index (κ1) is 13.3. The van der Waals surface area contributed by atoms with Crippen LogP contribution >= 0.6 is 24.8 Å². The van der Waals surface area contributed by atoms with Crippen molar-refractivity contribution in [3.63, 3.8) is 0 Å². The van der Waals surface area contributed by atoms with Crippen molar-refractivity contribution < 1.29 is 0 Å². The van der Waals surface area contributed by atoms with Crippen LogP contribution in [0.5, 0.6) is 0 Å². The van der Waals surface area contributed by atoms with E-state index in [1.165, 1.54) is 5.56 Å². The number of pyridine rings is 1. The zero-order chi connectivity index (χ0) is 6.69. The van der Waals surface area contributed by atoms with Gasteiger partial charge in [-0.1, -0.05) is 0 Å². The van der Waals surface area contributed by atoms with Crippen molar-refractivity contribution in [1.29, 1.82) is 0 Å². The molecule has 2 nitrogen and oxygen atoms in total. The Morgan fingerprint density at radius 1 is 1.45 bits per heavy atom. The van der Waals surface area contributed by atoms with Crippen molar-refractivity contribution in [2.45, 2.75) is 13.5 Å². The number of aromatic nitrogens is 1. The molecule has 0 bridgehead atoms. The molecule has 1 heterocycles. The number of hydrogen-bond donors (Lipinski definition) is 1. The second-order valence-corrected chi connectivity index (χ2v) is 2.03.